The molecule has 0 unspecified atom stereocenters. The van der Waals surface area contributed by atoms with Gasteiger partial charge in [-0.3, -0.25) is 0 Å². The van der Waals surface area contributed by atoms with Crippen LogP contribution in [0, 0.1) is 0 Å². The normalized spacial score (nSPS) is 21.0. The first kappa shape index (κ1) is 14.9. The second-order valence-electron chi connectivity index (χ2n) is 6.43. The molecular formula is C15H25N3O2. The summed E-state index contributed by atoms with van der Waals surface area (Å²) in [7, 11) is 0. The lowest BCUT2D eigenvalue weighted by Crippen LogP contribution is -2.39. The molecular weight excluding hydrogens is 254 g/mol. The van der Waals surface area contributed by atoms with Gasteiger partial charge in [-0.2, -0.15) is 0 Å². The van der Waals surface area contributed by atoms with E-state index in [4.69, 9.17) is 4.74 Å². The van der Waals surface area contributed by atoms with E-state index in [0.717, 1.165) is 13.0 Å². The molecule has 1 aliphatic rings. The van der Waals surface area contributed by atoms with Crippen molar-refractivity contribution in [1.29, 1.82) is 0 Å². The third-order valence-electron chi connectivity index (χ3n) is 3.41. The van der Waals surface area contributed by atoms with Gasteiger partial charge in [0.15, 0.2) is 0 Å². The van der Waals surface area contributed by atoms with E-state index in [9.17, 15) is 4.79 Å². The highest BCUT2D eigenvalue weighted by molar-refractivity contribution is 5.68. The van der Waals surface area contributed by atoms with E-state index in [-0.39, 0.29) is 12.1 Å². The van der Waals surface area contributed by atoms with Gasteiger partial charge in [0.05, 0.1) is 0 Å². The standard InChI is InChI=1S/C15H25N3O2/c1-11(13-6-5-8-16-13)17-12-7-9-18(10-12)14(19)20-15(2,3)4/h5-6,8,11-12,16-17H,7,9-10H2,1-4H3/t11-,12+/m1/s1. The first-order valence-corrected chi connectivity index (χ1v) is 7.22. The van der Waals surface area contributed by atoms with Crippen LogP contribution in [-0.4, -0.2) is 40.7 Å². The Kier molecular flexibility index (Phi) is 4.38. The minimum absolute atomic E-state index is 0.214. The number of carbonyl (C=O) groups is 1. The smallest absolute Gasteiger partial charge is 0.410 e. The average Bonchev–Trinajstić information content (AvgIpc) is 2.97. The first-order valence-electron chi connectivity index (χ1n) is 7.22. The van der Waals surface area contributed by atoms with Crippen LogP contribution in [0.3, 0.4) is 0 Å². The van der Waals surface area contributed by atoms with Crippen LogP contribution in [0.1, 0.15) is 45.9 Å². The van der Waals surface area contributed by atoms with Gasteiger partial charge in [-0.25, -0.2) is 4.79 Å². The van der Waals surface area contributed by atoms with Gasteiger partial charge < -0.3 is 19.9 Å². The van der Waals surface area contributed by atoms with E-state index >= 15 is 0 Å². The predicted octanol–water partition coefficient (Wildman–Crippen LogP) is 2.67. The van der Waals surface area contributed by atoms with Crippen molar-refractivity contribution in [2.24, 2.45) is 0 Å². The molecule has 112 valence electrons. The lowest BCUT2D eigenvalue weighted by Gasteiger charge is -2.25. The number of rotatable bonds is 3. The molecule has 1 fully saturated rings. The summed E-state index contributed by atoms with van der Waals surface area (Å²) in [6.45, 7) is 9.27. The maximum Gasteiger partial charge on any atom is 0.410 e. The fraction of sp³-hybridized carbons (Fsp3) is 0.667. The number of hydrogen-bond acceptors (Lipinski definition) is 3. The number of likely N-dealkylation sites (tertiary alicyclic amines) is 1. The largest absolute Gasteiger partial charge is 0.444 e. The Hall–Kier alpha value is -1.49. The second-order valence-corrected chi connectivity index (χ2v) is 6.43. The topological polar surface area (TPSA) is 57.4 Å². The van der Waals surface area contributed by atoms with Crippen LogP contribution in [0.4, 0.5) is 4.79 Å². The molecule has 5 heteroatoms. The van der Waals surface area contributed by atoms with Crippen LogP contribution in [0.25, 0.3) is 0 Å². The molecule has 0 radical (unpaired) electrons. The van der Waals surface area contributed by atoms with E-state index in [1.165, 1.54) is 5.69 Å². The summed E-state index contributed by atoms with van der Waals surface area (Å²) >= 11 is 0. The number of ether oxygens (including phenoxy) is 1. The van der Waals surface area contributed by atoms with Crippen molar-refractivity contribution in [3.05, 3.63) is 24.0 Å². The zero-order valence-corrected chi connectivity index (χ0v) is 12.8. The summed E-state index contributed by atoms with van der Waals surface area (Å²) in [5.74, 6) is 0. The molecule has 2 heterocycles. The second kappa shape index (κ2) is 5.87. The van der Waals surface area contributed by atoms with Crippen molar-refractivity contribution >= 4 is 6.09 Å². The van der Waals surface area contributed by atoms with Gasteiger partial charge in [-0.1, -0.05) is 0 Å². The Bertz CT molecular complexity index is 436. The molecule has 20 heavy (non-hydrogen) atoms. The minimum atomic E-state index is -0.430. The third kappa shape index (κ3) is 4.00. The van der Waals surface area contributed by atoms with Gasteiger partial charge in [0.2, 0.25) is 0 Å². The first-order chi connectivity index (χ1) is 9.35. The van der Waals surface area contributed by atoms with Crippen molar-refractivity contribution in [3.8, 4) is 0 Å². The molecule has 1 saturated heterocycles. The van der Waals surface area contributed by atoms with E-state index in [2.05, 4.69) is 23.3 Å². The Morgan fingerprint density at radius 2 is 2.30 bits per heavy atom. The number of nitrogens with zero attached hydrogens (tertiary/aromatic N) is 1. The number of aromatic nitrogens is 1. The van der Waals surface area contributed by atoms with Crippen LogP contribution in [-0.2, 0) is 4.74 Å². The molecule has 0 aliphatic carbocycles. The zero-order chi connectivity index (χ0) is 14.8. The number of aromatic amines is 1. The Morgan fingerprint density at radius 3 is 2.90 bits per heavy atom. The molecule has 2 rings (SSSR count). The number of nitrogens with one attached hydrogen (secondary N) is 2. The van der Waals surface area contributed by atoms with Gasteiger partial charge in [0.25, 0.3) is 0 Å². The number of H-pyrrole nitrogens is 1. The van der Waals surface area contributed by atoms with E-state index in [0.29, 0.717) is 12.6 Å². The molecule has 1 amide bonds. The van der Waals surface area contributed by atoms with Crippen molar-refractivity contribution < 1.29 is 9.53 Å². The van der Waals surface area contributed by atoms with Crippen molar-refractivity contribution in [3.63, 3.8) is 0 Å². The van der Waals surface area contributed by atoms with Gasteiger partial charge in [-0.15, -0.1) is 0 Å². The maximum atomic E-state index is 12.0. The number of amides is 1. The molecule has 5 nitrogen and oxygen atoms in total. The van der Waals surface area contributed by atoms with Gasteiger partial charge in [-0.05, 0) is 46.2 Å². The van der Waals surface area contributed by atoms with Crippen molar-refractivity contribution in [2.75, 3.05) is 13.1 Å². The fourth-order valence-electron chi connectivity index (χ4n) is 2.45. The van der Waals surface area contributed by atoms with Gasteiger partial charge in [0.1, 0.15) is 5.60 Å². The highest BCUT2D eigenvalue weighted by Gasteiger charge is 2.30. The summed E-state index contributed by atoms with van der Waals surface area (Å²) < 4.78 is 5.40. The molecule has 1 aromatic rings. The summed E-state index contributed by atoms with van der Waals surface area (Å²) in [6.07, 6.45) is 2.67. The molecule has 0 spiro atoms. The maximum absolute atomic E-state index is 12.0. The van der Waals surface area contributed by atoms with Crippen molar-refractivity contribution in [2.45, 2.75) is 51.8 Å². The monoisotopic (exact) mass is 279 g/mol. The molecule has 1 aromatic heterocycles. The fourth-order valence-corrected chi connectivity index (χ4v) is 2.45. The Balaban J connectivity index is 1.82. The van der Waals surface area contributed by atoms with Gasteiger partial charge in [0, 0.05) is 37.1 Å². The van der Waals surface area contributed by atoms with Gasteiger partial charge >= 0.3 is 6.09 Å². The summed E-state index contributed by atoms with van der Waals surface area (Å²) in [4.78, 5) is 17.0. The quantitative estimate of drug-likeness (QED) is 0.894. The van der Waals surface area contributed by atoms with Crippen LogP contribution >= 0.6 is 0 Å². The predicted molar refractivity (Wildman–Crippen MR) is 78.6 cm³/mol. The highest BCUT2D eigenvalue weighted by atomic mass is 16.6. The molecule has 0 bridgehead atoms. The zero-order valence-electron chi connectivity index (χ0n) is 12.8. The molecule has 2 atom stereocenters. The molecule has 0 saturated carbocycles. The summed E-state index contributed by atoms with van der Waals surface area (Å²) in [5, 5.41) is 3.55. The average molecular weight is 279 g/mol. The van der Waals surface area contributed by atoms with E-state index in [1.54, 1.807) is 4.90 Å². The van der Waals surface area contributed by atoms with Crippen LogP contribution in [0.5, 0.6) is 0 Å². The third-order valence-corrected chi connectivity index (χ3v) is 3.41. The number of carbonyl (C=O) groups excluding carboxylic acids is 1. The Labute approximate surface area is 120 Å². The van der Waals surface area contributed by atoms with Crippen LogP contribution < -0.4 is 5.32 Å². The number of hydrogen-bond donors (Lipinski definition) is 2. The minimum Gasteiger partial charge on any atom is -0.444 e. The molecule has 0 aromatic carbocycles. The van der Waals surface area contributed by atoms with Crippen LogP contribution in [0.15, 0.2) is 18.3 Å². The highest BCUT2D eigenvalue weighted by Crippen LogP contribution is 2.18. The molecule has 2 N–H and O–H groups in total. The SMILES string of the molecule is C[C@@H](N[C@H]1CCN(C(=O)OC(C)(C)C)C1)c1ccc[nH]1. The molecule has 1 aliphatic heterocycles. The summed E-state index contributed by atoms with van der Waals surface area (Å²) in [6, 6.07) is 4.64. The summed E-state index contributed by atoms with van der Waals surface area (Å²) in [5.41, 5.74) is 0.737. The lowest BCUT2D eigenvalue weighted by molar-refractivity contribution is 0.0290. The van der Waals surface area contributed by atoms with Crippen molar-refractivity contribution in [1.82, 2.24) is 15.2 Å². The van der Waals surface area contributed by atoms with E-state index in [1.807, 2.05) is 33.0 Å². The lowest BCUT2D eigenvalue weighted by atomic mass is 10.2. The van der Waals surface area contributed by atoms with Crippen LogP contribution in [0.2, 0.25) is 0 Å². The Morgan fingerprint density at radius 1 is 1.55 bits per heavy atom. The van der Waals surface area contributed by atoms with E-state index < -0.39 is 5.60 Å².